The summed E-state index contributed by atoms with van der Waals surface area (Å²) >= 11 is 6.03. The SMILES string of the molecule is COc1ccc(-n2cc(-c3ccc(S(=O)(=O)CCO)c(F)c3)c(C(F)(F)F)n2)cc1Cl. The number of aliphatic hydroxyl groups is 1. The Morgan fingerprint density at radius 1 is 1.19 bits per heavy atom. The summed E-state index contributed by atoms with van der Waals surface area (Å²) in [4.78, 5) is -0.715. The highest BCUT2D eigenvalue weighted by Gasteiger charge is 2.38. The first-order chi connectivity index (χ1) is 14.5. The van der Waals surface area contributed by atoms with Crippen LogP contribution in [0.2, 0.25) is 5.02 Å². The number of methoxy groups -OCH3 is 1. The van der Waals surface area contributed by atoms with Crippen LogP contribution in [0.3, 0.4) is 0 Å². The minimum atomic E-state index is -4.87. The molecule has 3 aromatic rings. The molecule has 3 rings (SSSR count). The maximum Gasteiger partial charge on any atom is 0.435 e. The summed E-state index contributed by atoms with van der Waals surface area (Å²) in [5.41, 5.74) is -1.77. The Bertz CT molecular complexity index is 1230. The van der Waals surface area contributed by atoms with Crippen LogP contribution in [0.1, 0.15) is 5.69 Å². The van der Waals surface area contributed by atoms with Gasteiger partial charge in [-0.05, 0) is 35.9 Å². The largest absolute Gasteiger partial charge is 0.495 e. The highest BCUT2D eigenvalue weighted by molar-refractivity contribution is 7.91. The van der Waals surface area contributed by atoms with Gasteiger partial charge in [-0.15, -0.1) is 0 Å². The molecule has 0 aliphatic heterocycles. The molecular weight excluding hydrogens is 464 g/mol. The van der Waals surface area contributed by atoms with Gasteiger partial charge in [0.05, 0.1) is 30.2 Å². The van der Waals surface area contributed by atoms with Crippen LogP contribution in [-0.2, 0) is 16.0 Å². The molecule has 1 aromatic heterocycles. The van der Waals surface area contributed by atoms with Gasteiger partial charge in [-0.1, -0.05) is 17.7 Å². The number of sulfone groups is 1. The second kappa shape index (κ2) is 8.48. The normalized spacial score (nSPS) is 12.2. The number of aliphatic hydroxyl groups excluding tert-OH is 1. The van der Waals surface area contributed by atoms with Gasteiger partial charge in [0.2, 0.25) is 0 Å². The summed E-state index contributed by atoms with van der Waals surface area (Å²) in [6.07, 6.45) is -3.83. The number of hydrogen-bond acceptors (Lipinski definition) is 5. The minimum Gasteiger partial charge on any atom is -0.495 e. The summed E-state index contributed by atoms with van der Waals surface area (Å²) in [7, 11) is -2.74. The van der Waals surface area contributed by atoms with Gasteiger partial charge in [0.1, 0.15) is 16.5 Å². The Kier molecular flexibility index (Phi) is 6.30. The van der Waals surface area contributed by atoms with Crippen LogP contribution in [0.4, 0.5) is 17.6 Å². The number of hydrogen-bond donors (Lipinski definition) is 1. The molecule has 6 nitrogen and oxygen atoms in total. The topological polar surface area (TPSA) is 81.4 Å². The summed E-state index contributed by atoms with van der Waals surface area (Å²) in [5, 5.41) is 12.5. The molecular formula is C19H15ClF4N2O4S. The molecule has 0 bridgehead atoms. The lowest BCUT2D eigenvalue weighted by atomic mass is 10.1. The molecule has 1 heterocycles. The second-order valence-electron chi connectivity index (χ2n) is 6.34. The lowest BCUT2D eigenvalue weighted by Gasteiger charge is -2.08. The summed E-state index contributed by atoms with van der Waals surface area (Å²) in [5.74, 6) is -1.64. The molecule has 31 heavy (non-hydrogen) atoms. The third-order valence-electron chi connectivity index (χ3n) is 4.32. The minimum absolute atomic E-state index is 0.148. The Balaban J connectivity index is 2.13. The molecule has 0 fully saturated rings. The van der Waals surface area contributed by atoms with E-state index in [9.17, 15) is 26.0 Å². The zero-order valence-corrected chi connectivity index (χ0v) is 17.4. The number of rotatable bonds is 6. The van der Waals surface area contributed by atoms with Crippen LogP contribution < -0.4 is 4.74 Å². The molecule has 1 N–H and O–H groups in total. The van der Waals surface area contributed by atoms with E-state index in [2.05, 4.69) is 5.10 Å². The van der Waals surface area contributed by atoms with Crippen molar-refractivity contribution >= 4 is 21.4 Å². The first-order valence-electron chi connectivity index (χ1n) is 8.62. The fourth-order valence-corrected chi connectivity index (χ4v) is 4.22. The molecule has 0 saturated carbocycles. The van der Waals surface area contributed by atoms with Crippen molar-refractivity contribution in [3.63, 3.8) is 0 Å². The number of aromatic nitrogens is 2. The van der Waals surface area contributed by atoms with Crippen molar-refractivity contribution in [3.05, 3.63) is 59.1 Å². The van der Waals surface area contributed by atoms with Crippen LogP contribution in [-0.4, -0.2) is 42.8 Å². The van der Waals surface area contributed by atoms with E-state index in [0.717, 1.165) is 23.0 Å². The van der Waals surface area contributed by atoms with Crippen molar-refractivity contribution in [2.24, 2.45) is 0 Å². The fraction of sp³-hybridized carbons (Fsp3) is 0.211. The van der Waals surface area contributed by atoms with Gasteiger partial charge >= 0.3 is 6.18 Å². The van der Waals surface area contributed by atoms with Gasteiger partial charge in [-0.3, -0.25) is 0 Å². The molecule has 0 aliphatic rings. The van der Waals surface area contributed by atoms with E-state index in [-0.39, 0.29) is 16.3 Å². The van der Waals surface area contributed by atoms with Crippen molar-refractivity contribution in [1.29, 1.82) is 0 Å². The maximum absolute atomic E-state index is 14.4. The smallest absolute Gasteiger partial charge is 0.435 e. The molecule has 0 amide bonds. The third-order valence-corrected chi connectivity index (χ3v) is 6.34. The summed E-state index contributed by atoms with van der Waals surface area (Å²) in [6.45, 7) is -0.723. The van der Waals surface area contributed by atoms with Crippen molar-refractivity contribution in [2.75, 3.05) is 19.5 Å². The van der Waals surface area contributed by atoms with Gasteiger partial charge < -0.3 is 9.84 Å². The lowest BCUT2D eigenvalue weighted by molar-refractivity contribution is -0.140. The number of nitrogens with zero attached hydrogens (tertiary/aromatic N) is 2. The molecule has 166 valence electrons. The monoisotopic (exact) mass is 478 g/mol. The second-order valence-corrected chi connectivity index (χ2v) is 8.83. The molecule has 12 heteroatoms. The van der Waals surface area contributed by atoms with Gasteiger partial charge in [-0.2, -0.15) is 18.3 Å². The number of halogens is 5. The van der Waals surface area contributed by atoms with Crippen LogP contribution >= 0.6 is 11.6 Å². The van der Waals surface area contributed by atoms with E-state index in [0.29, 0.717) is 11.8 Å². The lowest BCUT2D eigenvalue weighted by Crippen LogP contribution is -2.12. The first-order valence-corrected chi connectivity index (χ1v) is 10.7. The van der Waals surface area contributed by atoms with Crippen LogP contribution in [0.5, 0.6) is 5.75 Å². The van der Waals surface area contributed by atoms with Gasteiger partial charge in [0, 0.05) is 11.8 Å². The molecule has 0 saturated heterocycles. The maximum atomic E-state index is 14.4. The molecule has 0 unspecified atom stereocenters. The van der Waals surface area contributed by atoms with Crippen molar-refractivity contribution in [3.8, 4) is 22.6 Å². The predicted molar refractivity (Wildman–Crippen MR) is 105 cm³/mol. The van der Waals surface area contributed by atoms with Crippen LogP contribution in [0.15, 0.2) is 47.5 Å². The van der Waals surface area contributed by atoms with Crippen molar-refractivity contribution in [1.82, 2.24) is 9.78 Å². The first kappa shape index (κ1) is 23.0. The Labute approximate surface area is 179 Å². The number of ether oxygens (including phenoxy) is 1. The number of benzene rings is 2. The van der Waals surface area contributed by atoms with E-state index < -0.39 is 50.3 Å². The van der Waals surface area contributed by atoms with Gasteiger partial charge in [-0.25, -0.2) is 17.5 Å². The fourth-order valence-electron chi connectivity index (χ4n) is 2.88. The summed E-state index contributed by atoms with van der Waals surface area (Å²) in [6, 6.07) is 6.83. The van der Waals surface area contributed by atoms with E-state index in [4.69, 9.17) is 21.4 Å². The van der Waals surface area contributed by atoms with Crippen molar-refractivity contribution < 1.29 is 35.8 Å². The highest BCUT2D eigenvalue weighted by Crippen LogP contribution is 2.38. The number of alkyl halides is 3. The van der Waals surface area contributed by atoms with Gasteiger partial charge in [0.25, 0.3) is 0 Å². The van der Waals surface area contributed by atoms with Crippen LogP contribution in [0.25, 0.3) is 16.8 Å². The average Bonchev–Trinajstić information content (AvgIpc) is 3.13. The predicted octanol–water partition coefficient (Wildman–Crippen LogP) is 4.13. The van der Waals surface area contributed by atoms with E-state index in [1.165, 1.54) is 25.3 Å². The highest BCUT2D eigenvalue weighted by atomic mass is 35.5. The Morgan fingerprint density at radius 3 is 2.45 bits per heavy atom. The van der Waals surface area contributed by atoms with Crippen molar-refractivity contribution in [2.45, 2.75) is 11.1 Å². The zero-order chi connectivity index (χ0) is 23.0. The summed E-state index contributed by atoms with van der Waals surface area (Å²) < 4.78 is 85.1. The van der Waals surface area contributed by atoms with Gasteiger partial charge in [0.15, 0.2) is 15.5 Å². The Morgan fingerprint density at radius 2 is 1.90 bits per heavy atom. The molecule has 0 radical (unpaired) electrons. The average molecular weight is 479 g/mol. The quantitative estimate of drug-likeness (QED) is 0.539. The Hall–Kier alpha value is -2.63. The molecule has 2 aromatic carbocycles. The van der Waals surface area contributed by atoms with Crippen LogP contribution in [0, 0.1) is 5.82 Å². The molecule has 0 aliphatic carbocycles. The van der Waals surface area contributed by atoms with E-state index >= 15 is 0 Å². The standard InChI is InChI=1S/C19H15ClF4N2O4S/c1-30-16-4-3-12(9-14(16)20)26-10-13(18(25-26)19(22,23)24)11-2-5-17(15(21)8-11)31(28,29)7-6-27/h2-5,8-10,27H,6-7H2,1H3. The van der Waals surface area contributed by atoms with E-state index in [1.807, 2.05) is 0 Å². The van der Waals surface area contributed by atoms with E-state index in [1.54, 1.807) is 0 Å². The zero-order valence-electron chi connectivity index (χ0n) is 15.8. The third kappa shape index (κ3) is 4.68. The molecule has 0 spiro atoms. The molecule has 0 atom stereocenters.